The molecule has 0 aliphatic heterocycles. The van der Waals surface area contributed by atoms with Gasteiger partial charge in [0.15, 0.2) is 0 Å². The van der Waals surface area contributed by atoms with Gasteiger partial charge in [-0.1, -0.05) is 23.8 Å². The van der Waals surface area contributed by atoms with Crippen molar-refractivity contribution in [3.63, 3.8) is 0 Å². The lowest BCUT2D eigenvalue weighted by molar-refractivity contribution is 1.06. The smallest absolute Gasteiger partial charge is 0.139 e. The molecule has 0 saturated carbocycles. The maximum atomic E-state index is 5.77. The summed E-state index contributed by atoms with van der Waals surface area (Å²) in [4.78, 5) is 7.92. The molecule has 0 aromatic carbocycles. The molecule has 2 nitrogen and oxygen atoms in total. The van der Waals surface area contributed by atoms with E-state index in [9.17, 15) is 0 Å². The first-order chi connectivity index (χ1) is 4.88. The third-order valence-corrected chi connectivity index (χ3v) is 1.81. The molecule has 1 aliphatic carbocycles. The summed E-state index contributed by atoms with van der Waals surface area (Å²) in [7, 11) is 0. The Morgan fingerprint density at radius 3 is 3.10 bits per heavy atom. The van der Waals surface area contributed by atoms with Crippen LogP contribution in [0, 0.1) is 0 Å². The highest BCUT2D eigenvalue weighted by atomic mass is 35.5. The van der Waals surface area contributed by atoms with Crippen molar-refractivity contribution in [2.75, 3.05) is 0 Å². The fraction of sp³-hybridized carbons (Fsp3) is 0.143. The Labute approximate surface area is 63.6 Å². The molecule has 0 atom stereocenters. The molecular formula is C7H5ClN2. The van der Waals surface area contributed by atoms with E-state index in [4.69, 9.17) is 11.6 Å². The van der Waals surface area contributed by atoms with Crippen LogP contribution in [0.25, 0.3) is 6.08 Å². The Kier molecular flexibility index (Phi) is 1.21. The molecule has 0 saturated heterocycles. The van der Waals surface area contributed by atoms with Crippen LogP contribution < -0.4 is 0 Å². The van der Waals surface area contributed by atoms with Gasteiger partial charge in [-0.25, -0.2) is 9.97 Å². The molecule has 1 aliphatic rings. The number of halogens is 1. The summed E-state index contributed by atoms with van der Waals surface area (Å²) < 4.78 is 0. The van der Waals surface area contributed by atoms with E-state index in [1.165, 1.54) is 6.33 Å². The molecule has 50 valence electrons. The maximum absolute atomic E-state index is 5.77. The lowest BCUT2D eigenvalue weighted by atomic mass is 10.3. The van der Waals surface area contributed by atoms with Gasteiger partial charge in [0.05, 0.1) is 5.69 Å². The van der Waals surface area contributed by atoms with Crippen LogP contribution in [0.5, 0.6) is 0 Å². The van der Waals surface area contributed by atoms with Crippen LogP contribution in [-0.2, 0) is 6.42 Å². The predicted molar refractivity (Wildman–Crippen MR) is 39.8 cm³/mol. The summed E-state index contributed by atoms with van der Waals surface area (Å²) in [5, 5.41) is 0.554. The number of hydrogen-bond acceptors (Lipinski definition) is 2. The lowest BCUT2D eigenvalue weighted by Crippen LogP contribution is -1.89. The normalized spacial score (nSPS) is 13.7. The number of fused-ring (bicyclic) bond motifs is 1. The van der Waals surface area contributed by atoms with Gasteiger partial charge in [0.2, 0.25) is 0 Å². The molecule has 0 spiro atoms. The Morgan fingerprint density at radius 1 is 1.40 bits per heavy atom. The Morgan fingerprint density at radius 2 is 2.30 bits per heavy atom. The average Bonchev–Trinajstić information content (AvgIpc) is 2.36. The van der Waals surface area contributed by atoms with Crippen molar-refractivity contribution in [1.82, 2.24) is 9.97 Å². The molecular weight excluding hydrogens is 148 g/mol. The van der Waals surface area contributed by atoms with Crippen LogP contribution in [0.1, 0.15) is 11.3 Å². The summed E-state index contributed by atoms with van der Waals surface area (Å²) in [5.41, 5.74) is 2.00. The van der Waals surface area contributed by atoms with Crippen LogP contribution in [0.3, 0.4) is 0 Å². The van der Waals surface area contributed by atoms with E-state index in [1.54, 1.807) is 0 Å². The van der Waals surface area contributed by atoms with E-state index < -0.39 is 0 Å². The second kappa shape index (κ2) is 2.06. The van der Waals surface area contributed by atoms with Gasteiger partial charge in [0, 0.05) is 12.0 Å². The van der Waals surface area contributed by atoms with Gasteiger partial charge in [-0.05, 0) is 0 Å². The summed E-state index contributed by atoms with van der Waals surface area (Å²) in [6, 6.07) is 0. The Bertz CT molecular complexity index is 294. The number of aromatic nitrogens is 2. The van der Waals surface area contributed by atoms with E-state index in [0.717, 1.165) is 17.7 Å². The number of allylic oxidation sites excluding steroid dienone is 1. The van der Waals surface area contributed by atoms with Crippen molar-refractivity contribution in [2.24, 2.45) is 0 Å². The van der Waals surface area contributed by atoms with E-state index in [-0.39, 0.29) is 0 Å². The first kappa shape index (κ1) is 5.86. The minimum absolute atomic E-state index is 0.554. The standard InChI is InChI=1S/C7H5ClN2/c8-7-5-2-1-3-6(5)9-4-10-7/h1-2,4H,3H2. The third-order valence-electron chi connectivity index (χ3n) is 1.51. The SMILES string of the molecule is Clc1ncnc2c1C=CC2. The zero-order valence-corrected chi connectivity index (χ0v) is 5.97. The predicted octanol–water partition coefficient (Wildman–Crippen LogP) is 1.70. The second-order valence-corrected chi connectivity index (χ2v) is 2.49. The van der Waals surface area contributed by atoms with Crippen molar-refractivity contribution in [3.05, 3.63) is 28.8 Å². The van der Waals surface area contributed by atoms with Crippen LogP contribution in [-0.4, -0.2) is 9.97 Å². The zero-order valence-electron chi connectivity index (χ0n) is 5.21. The first-order valence-corrected chi connectivity index (χ1v) is 3.41. The van der Waals surface area contributed by atoms with Crippen LogP contribution in [0.15, 0.2) is 12.4 Å². The van der Waals surface area contributed by atoms with Crippen LogP contribution in [0.4, 0.5) is 0 Å². The largest absolute Gasteiger partial charge is 0.240 e. The van der Waals surface area contributed by atoms with Gasteiger partial charge < -0.3 is 0 Å². The summed E-state index contributed by atoms with van der Waals surface area (Å²) in [6.45, 7) is 0. The van der Waals surface area contributed by atoms with Gasteiger partial charge >= 0.3 is 0 Å². The minimum Gasteiger partial charge on any atom is -0.240 e. The van der Waals surface area contributed by atoms with Gasteiger partial charge in [-0.2, -0.15) is 0 Å². The average molecular weight is 153 g/mol. The van der Waals surface area contributed by atoms with E-state index in [1.807, 2.05) is 12.2 Å². The Hall–Kier alpha value is -0.890. The molecule has 10 heavy (non-hydrogen) atoms. The zero-order chi connectivity index (χ0) is 6.97. The summed E-state index contributed by atoms with van der Waals surface area (Å²) in [6.07, 6.45) is 6.37. The molecule has 1 aromatic rings. The van der Waals surface area contributed by atoms with Crippen LogP contribution >= 0.6 is 11.6 Å². The number of rotatable bonds is 0. The molecule has 0 amide bonds. The minimum atomic E-state index is 0.554. The summed E-state index contributed by atoms with van der Waals surface area (Å²) in [5.74, 6) is 0. The topological polar surface area (TPSA) is 25.8 Å². The second-order valence-electron chi connectivity index (χ2n) is 2.13. The van der Waals surface area contributed by atoms with Crippen LogP contribution in [0.2, 0.25) is 5.15 Å². The molecule has 3 heteroatoms. The molecule has 0 radical (unpaired) electrons. The van der Waals surface area contributed by atoms with Gasteiger partial charge in [0.25, 0.3) is 0 Å². The lowest BCUT2D eigenvalue weighted by Gasteiger charge is -1.95. The molecule has 2 rings (SSSR count). The highest BCUT2D eigenvalue weighted by Gasteiger charge is 2.09. The maximum Gasteiger partial charge on any atom is 0.139 e. The monoisotopic (exact) mass is 152 g/mol. The summed E-state index contributed by atoms with van der Waals surface area (Å²) >= 11 is 5.77. The van der Waals surface area contributed by atoms with Crippen molar-refractivity contribution in [2.45, 2.75) is 6.42 Å². The van der Waals surface area contributed by atoms with Gasteiger partial charge in [-0.15, -0.1) is 0 Å². The van der Waals surface area contributed by atoms with Crippen molar-refractivity contribution in [3.8, 4) is 0 Å². The van der Waals surface area contributed by atoms with Gasteiger partial charge in [-0.3, -0.25) is 0 Å². The Balaban J connectivity index is 2.67. The first-order valence-electron chi connectivity index (χ1n) is 3.04. The molecule has 0 fully saturated rings. The van der Waals surface area contributed by atoms with Crippen molar-refractivity contribution in [1.29, 1.82) is 0 Å². The molecule has 1 aromatic heterocycles. The number of hydrogen-bond donors (Lipinski definition) is 0. The molecule has 0 N–H and O–H groups in total. The number of nitrogens with zero attached hydrogens (tertiary/aromatic N) is 2. The van der Waals surface area contributed by atoms with Gasteiger partial charge in [0.1, 0.15) is 11.5 Å². The van der Waals surface area contributed by atoms with E-state index in [0.29, 0.717) is 5.15 Å². The fourth-order valence-electron chi connectivity index (χ4n) is 1.02. The molecule has 0 bridgehead atoms. The van der Waals surface area contributed by atoms with Crippen molar-refractivity contribution >= 4 is 17.7 Å². The van der Waals surface area contributed by atoms with Crippen molar-refractivity contribution < 1.29 is 0 Å². The quantitative estimate of drug-likeness (QED) is 0.529. The molecule has 1 heterocycles. The molecule has 0 unspecified atom stereocenters. The highest BCUT2D eigenvalue weighted by molar-refractivity contribution is 6.31. The van der Waals surface area contributed by atoms with E-state index in [2.05, 4.69) is 9.97 Å². The van der Waals surface area contributed by atoms with E-state index >= 15 is 0 Å². The fourth-order valence-corrected chi connectivity index (χ4v) is 1.24. The third kappa shape index (κ3) is 0.727. The highest BCUT2D eigenvalue weighted by Crippen LogP contribution is 2.22.